The molecule has 170 valence electrons. The van der Waals surface area contributed by atoms with E-state index in [1.807, 2.05) is 19.9 Å². The van der Waals surface area contributed by atoms with Gasteiger partial charge in [-0.1, -0.05) is 28.9 Å². The minimum atomic E-state index is -0.0961. The molecule has 33 heavy (non-hydrogen) atoms. The lowest BCUT2D eigenvalue weighted by atomic mass is 9.93. The Morgan fingerprint density at radius 3 is 2.85 bits per heavy atom. The van der Waals surface area contributed by atoms with Crippen molar-refractivity contribution in [2.75, 3.05) is 0 Å². The first-order valence-corrected chi connectivity index (χ1v) is 11.3. The molecule has 1 aliphatic carbocycles. The standard InChI is InChI=1S/C24H24ClN5O3/c1-12(2)32-24-20(25)9-15(11-26-24)23-27-22(30-33-23)18-6-7-19-14(4-5-17(19)13(18)3)8-16-10-21(31)29-28-16/h6-7,9-12,14H,4-5,8H2,1-3H3,(H2,28,29,31). The van der Waals surface area contributed by atoms with E-state index in [0.29, 0.717) is 34.1 Å². The highest BCUT2D eigenvalue weighted by Gasteiger charge is 2.27. The van der Waals surface area contributed by atoms with E-state index in [9.17, 15) is 4.79 Å². The van der Waals surface area contributed by atoms with Gasteiger partial charge in [0.15, 0.2) is 0 Å². The van der Waals surface area contributed by atoms with Crippen molar-refractivity contribution in [2.24, 2.45) is 0 Å². The van der Waals surface area contributed by atoms with Crippen molar-refractivity contribution in [1.82, 2.24) is 25.3 Å². The van der Waals surface area contributed by atoms with Crippen LogP contribution >= 0.6 is 11.6 Å². The summed E-state index contributed by atoms with van der Waals surface area (Å²) in [4.78, 5) is 20.3. The van der Waals surface area contributed by atoms with Gasteiger partial charge in [0.25, 0.3) is 11.4 Å². The van der Waals surface area contributed by atoms with Gasteiger partial charge in [0, 0.05) is 23.5 Å². The van der Waals surface area contributed by atoms with Crippen LogP contribution in [0.5, 0.6) is 5.88 Å². The van der Waals surface area contributed by atoms with Crippen LogP contribution in [0.15, 0.2) is 39.8 Å². The van der Waals surface area contributed by atoms with E-state index in [1.54, 1.807) is 18.3 Å². The average molecular weight is 466 g/mol. The molecule has 0 amide bonds. The van der Waals surface area contributed by atoms with E-state index in [4.69, 9.17) is 20.9 Å². The maximum atomic E-state index is 11.4. The molecule has 1 atom stereocenters. The molecule has 1 aliphatic rings. The van der Waals surface area contributed by atoms with Crippen LogP contribution in [-0.2, 0) is 12.8 Å². The smallest absolute Gasteiger partial charge is 0.264 e. The first-order valence-electron chi connectivity index (χ1n) is 10.9. The van der Waals surface area contributed by atoms with Gasteiger partial charge in [-0.15, -0.1) is 0 Å². The molecule has 0 aliphatic heterocycles. The van der Waals surface area contributed by atoms with Gasteiger partial charge >= 0.3 is 0 Å². The summed E-state index contributed by atoms with van der Waals surface area (Å²) in [6.45, 7) is 5.93. The molecule has 3 aromatic heterocycles. The largest absolute Gasteiger partial charge is 0.474 e. The molecule has 3 heterocycles. The normalized spacial score (nSPS) is 15.2. The number of pyridine rings is 1. The number of nitrogens with zero attached hydrogens (tertiary/aromatic N) is 3. The van der Waals surface area contributed by atoms with E-state index in [-0.39, 0.29) is 11.7 Å². The Morgan fingerprint density at radius 2 is 2.12 bits per heavy atom. The summed E-state index contributed by atoms with van der Waals surface area (Å²) in [7, 11) is 0. The Bertz CT molecular complexity index is 1370. The van der Waals surface area contributed by atoms with E-state index in [2.05, 4.69) is 38.3 Å². The Hall–Kier alpha value is -3.39. The number of aromatic amines is 2. The van der Waals surface area contributed by atoms with Crippen LogP contribution in [0.2, 0.25) is 5.02 Å². The van der Waals surface area contributed by atoms with Crippen LogP contribution in [-0.4, -0.2) is 31.4 Å². The topological polar surface area (TPSA) is 110 Å². The summed E-state index contributed by atoms with van der Waals surface area (Å²) in [6.07, 6.45) is 4.42. The number of hydrogen-bond acceptors (Lipinski definition) is 6. The third-order valence-electron chi connectivity index (χ3n) is 6.00. The van der Waals surface area contributed by atoms with Crippen LogP contribution < -0.4 is 10.3 Å². The molecular weight excluding hydrogens is 442 g/mol. The molecular formula is C24H24ClN5O3. The summed E-state index contributed by atoms with van der Waals surface area (Å²) >= 11 is 6.31. The summed E-state index contributed by atoms with van der Waals surface area (Å²) < 4.78 is 11.1. The highest BCUT2D eigenvalue weighted by molar-refractivity contribution is 6.32. The van der Waals surface area contributed by atoms with Gasteiger partial charge < -0.3 is 14.4 Å². The van der Waals surface area contributed by atoms with Crippen molar-refractivity contribution in [3.63, 3.8) is 0 Å². The van der Waals surface area contributed by atoms with Gasteiger partial charge in [0.1, 0.15) is 5.02 Å². The number of aromatic nitrogens is 5. The van der Waals surface area contributed by atoms with Crippen molar-refractivity contribution in [2.45, 2.75) is 52.1 Å². The highest BCUT2D eigenvalue weighted by atomic mass is 35.5. The molecule has 2 N–H and O–H groups in total. The highest BCUT2D eigenvalue weighted by Crippen LogP contribution is 2.40. The number of halogens is 1. The molecule has 0 fully saturated rings. The molecule has 8 nitrogen and oxygen atoms in total. The lowest BCUT2D eigenvalue weighted by Crippen LogP contribution is -2.07. The zero-order chi connectivity index (χ0) is 23.1. The summed E-state index contributed by atoms with van der Waals surface area (Å²) in [5.74, 6) is 1.63. The molecule has 1 unspecified atom stereocenters. The van der Waals surface area contributed by atoms with Crippen molar-refractivity contribution in [1.29, 1.82) is 0 Å². The second-order valence-electron chi connectivity index (χ2n) is 8.63. The lowest BCUT2D eigenvalue weighted by molar-refractivity contribution is 0.233. The van der Waals surface area contributed by atoms with Gasteiger partial charge in [0.2, 0.25) is 11.7 Å². The monoisotopic (exact) mass is 465 g/mol. The van der Waals surface area contributed by atoms with Gasteiger partial charge in [-0.3, -0.25) is 9.89 Å². The van der Waals surface area contributed by atoms with Crippen LogP contribution in [0.1, 0.15) is 48.6 Å². The van der Waals surface area contributed by atoms with Crippen LogP contribution in [0.4, 0.5) is 0 Å². The first kappa shape index (κ1) is 21.5. The van der Waals surface area contributed by atoms with Gasteiger partial charge in [-0.05, 0) is 68.7 Å². The summed E-state index contributed by atoms with van der Waals surface area (Å²) in [5, 5.41) is 10.2. The lowest BCUT2D eigenvalue weighted by Gasteiger charge is -2.12. The van der Waals surface area contributed by atoms with Gasteiger partial charge in [0.05, 0.1) is 11.7 Å². The molecule has 1 aromatic carbocycles. The third kappa shape index (κ3) is 4.18. The zero-order valence-electron chi connectivity index (χ0n) is 18.6. The molecule has 0 saturated heterocycles. The Balaban J connectivity index is 1.40. The molecule has 0 radical (unpaired) electrons. The van der Waals surface area contributed by atoms with Crippen molar-refractivity contribution in [3.05, 3.63) is 68.2 Å². The van der Waals surface area contributed by atoms with Crippen molar-refractivity contribution >= 4 is 11.6 Å². The minimum absolute atomic E-state index is 0.0245. The maximum Gasteiger partial charge on any atom is 0.264 e. The van der Waals surface area contributed by atoms with Crippen molar-refractivity contribution in [3.8, 4) is 28.7 Å². The predicted molar refractivity (Wildman–Crippen MR) is 125 cm³/mol. The first-order chi connectivity index (χ1) is 15.9. The van der Waals surface area contributed by atoms with Crippen molar-refractivity contribution < 1.29 is 9.26 Å². The number of ether oxygens (including phenoxy) is 1. The molecule has 9 heteroatoms. The molecule has 0 spiro atoms. The molecule has 5 rings (SSSR count). The number of nitrogens with one attached hydrogen (secondary N) is 2. The number of fused-ring (bicyclic) bond motifs is 1. The van der Waals surface area contributed by atoms with Crippen LogP contribution in [0.3, 0.4) is 0 Å². The Labute approximate surface area is 195 Å². The predicted octanol–water partition coefficient (Wildman–Crippen LogP) is 4.84. The SMILES string of the molecule is Cc1c(-c2noc(-c3cnc(OC(C)C)c(Cl)c3)n2)ccc2c1CCC2Cc1cc(=O)[nH][nH]1. The Morgan fingerprint density at radius 1 is 1.27 bits per heavy atom. The molecule has 0 bridgehead atoms. The fourth-order valence-electron chi connectivity index (χ4n) is 4.47. The average Bonchev–Trinajstić information content (AvgIpc) is 3.51. The van der Waals surface area contributed by atoms with Gasteiger partial charge in [-0.2, -0.15) is 4.98 Å². The van der Waals surface area contributed by atoms with Crippen LogP contribution in [0.25, 0.3) is 22.8 Å². The maximum absolute atomic E-state index is 11.4. The van der Waals surface area contributed by atoms with E-state index < -0.39 is 0 Å². The fraction of sp³-hybridized carbons (Fsp3) is 0.333. The minimum Gasteiger partial charge on any atom is -0.474 e. The van der Waals surface area contributed by atoms with E-state index >= 15 is 0 Å². The van der Waals surface area contributed by atoms with E-state index in [1.165, 1.54) is 11.1 Å². The number of benzene rings is 1. The van der Waals surface area contributed by atoms with Gasteiger partial charge in [-0.25, -0.2) is 4.98 Å². The van der Waals surface area contributed by atoms with E-state index in [0.717, 1.165) is 36.1 Å². The third-order valence-corrected chi connectivity index (χ3v) is 6.27. The number of rotatable bonds is 6. The van der Waals surface area contributed by atoms with Crippen LogP contribution in [0, 0.1) is 6.92 Å². The second kappa shape index (κ2) is 8.51. The summed E-state index contributed by atoms with van der Waals surface area (Å²) in [5.41, 5.74) is 6.20. The Kier molecular flexibility index (Phi) is 5.54. The molecule has 0 saturated carbocycles. The zero-order valence-corrected chi connectivity index (χ0v) is 19.4. The second-order valence-corrected chi connectivity index (χ2v) is 9.04. The number of hydrogen-bond donors (Lipinski definition) is 2. The quantitative estimate of drug-likeness (QED) is 0.421. The fourth-order valence-corrected chi connectivity index (χ4v) is 4.68. The summed E-state index contributed by atoms with van der Waals surface area (Å²) in [6, 6.07) is 7.54. The molecule has 4 aromatic rings. The number of H-pyrrole nitrogens is 2.